The van der Waals surface area contributed by atoms with Gasteiger partial charge in [0.15, 0.2) is 0 Å². The smallest absolute Gasteiger partial charge is 0.320 e. The van der Waals surface area contributed by atoms with Crippen molar-refractivity contribution in [3.8, 4) is 0 Å². The fourth-order valence-electron chi connectivity index (χ4n) is 1.54. The maximum Gasteiger partial charge on any atom is 0.320 e. The SMILES string of the molecule is CCC(C)N(C)C(=O)N1CCNCC1. The summed E-state index contributed by atoms with van der Waals surface area (Å²) in [4.78, 5) is 15.7. The van der Waals surface area contributed by atoms with Gasteiger partial charge in [-0.15, -0.1) is 0 Å². The topological polar surface area (TPSA) is 35.6 Å². The highest BCUT2D eigenvalue weighted by Crippen LogP contribution is 2.05. The highest BCUT2D eigenvalue weighted by atomic mass is 16.2. The third kappa shape index (κ3) is 2.61. The van der Waals surface area contributed by atoms with E-state index in [9.17, 15) is 4.79 Å². The molecule has 4 nitrogen and oxygen atoms in total. The second-order valence-electron chi connectivity index (χ2n) is 3.89. The number of carbonyl (C=O) groups is 1. The summed E-state index contributed by atoms with van der Waals surface area (Å²) in [7, 11) is 1.89. The number of piperazine rings is 1. The molecular weight excluding hydrogens is 178 g/mol. The number of nitrogens with one attached hydrogen (secondary N) is 1. The minimum absolute atomic E-state index is 0.167. The summed E-state index contributed by atoms with van der Waals surface area (Å²) >= 11 is 0. The molecule has 1 aliphatic rings. The zero-order chi connectivity index (χ0) is 10.6. The van der Waals surface area contributed by atoms with Gasteiger partial charge in [-0.3, -0.25) is 0 Å². The quantitative estimate of drug-likeness (QED) is 0.712. The van der Waals surface area contributed by atoms with Crippen molar-refractivity contribution in [1.82, 2.24) is 15.1 Å². The molecule has 0 radical (unpaired) electrons. The van der Waals surface area contributed by atoms with Gasteiger partial charge in [-0.2, -0.15) is 0 Å². The second kappa shape index (κ2) is 5.20. The Labute approximate surface area is 86.2 Å². The average Bonchev–Trinajstić information content (AvgIpc) is 2.27. The Morgan fingerprint density at radius 2 is 2.07 bits per heavy atom. The Kier molecular flexibility index (Phi) is 4.20. The van der Waals surface area contributed by atoms with E-state index >= 15 is 0 Å². The standard InChI is InChI=1S/C10H21N3O/c1-4-9(2)12(3)10(14)13-7-5-11-6-8-13/h9,11H,4-8H2,1-3H3. The predicted molar refractivity (Wildman–Crippen MR) is 57.4 cm³/mol. The summed E-state index contributed by atoms with van der Waals surface area (Å²) in [6.07, 6.45) is 1.01. The molecule has 1 fully saturated rings. The molecule has 1 heterocycles. The monoisotopic (exact) mass is 199 g/mol. The second-order valence-corrected chi connectivity index (χ2v) is 3.89. The summed E-state index contributed by atoms with van der Waals surface area (Å²) < 4.78 is 0. The Morgan fingerprint density at radius 3 is 2.57 bits per heavy atom. The van der Waals surface area contributed by atoms with Crippen molar-refractivity contribution in [1.29, 1.82) is 0 Å². The maximum atomic E-state index is 11.9. The van der Waals surface area contributed by atoms with Gasteiger partial charge in [-0.05, 0) is 13.3 Å². The molecule has 1 rings (SSSR count). The fraction of sp³-hybridized carbons (Fsp3) is 0.900. The van der Waals surface area contributed by atoms with E-state index in [2.05, 4.69) is 19.2 Å². The molecule has 14 heavy (non-hydrogen) atoms. The predicted octanol–water partition coefficient (Wildman–Crippen LogP) is 0.742. The zero-order valence-corrected chi connectivity index (χ0v) is 9.42. The highest BCUT2D eigenvalue weighted by Gasteiger charge is 2.21. The van der Waals surface area contributed by atoms with E-state index in [0.717, 1.165) is 32.6 Å². The van der Waals surface area contributed by atoms with E-state index in [0.29, 0.717) is 6.04 Å². The van der Waals surface area contributed by atoms with Crippen LogP contribution in [0.2, 0.25) is 0 Å². The zero-order valence-electron chi connectivity index (χ0n) is 9.42. The molecule has 0 bridgehead atoms. The lowest BCUT2D eigenvalue weighted by Gasteiger charge is -2.33. The number of rotatable bonds is 2. The number of amides is 2. The van der Waals surface area contributed by atoms with Crippen LogP contribution in [0.25, 0.3) is 0 Å². The van der Waals surface area contributed by atoms with Gasteiger partial charge in [0, 0.05) is 39.3 Å². The van der Waals surface area contributed by atoms with Crippen LogP contribution in [-0.2, 0) is 0 Å². The average molecular weight is 199 g/mol. The molecule has 0 aromatic carbocycles. The third-order valence-electron chi connectivity index (χ3n) is 2.94. The molecule has 0 aliphatic carbocycles. The first-order valence-electron chi connectivity index (χ1n) is 5.39. The van der Waals surface area contributed by atoms with Gasteiger partial charge in [0.2, 0.25) is 0 Å². The summed E-state index contributed by atoms with van der Waals surface area (Å²) in [5.41, 5.74) is 0. The lowest BCUT2D eigenvalue weighted by Crippen LogP contribution is -2.52. The van der Waals surface area contributed by atoms with Crippen LogP contribution in [0.1, 0.15) is 20.3 Å². The number of urea groups is 1. The summed E-state index contributed by atoms with van der Waals surface area (Å²) in [6.45, 7) is 7.69. The number of carbonyl (C=O) groups excluding carboxylic acids is 1. The van der Waals surface area contributed by atoms with Gasteiger partial charge < -0.3 is 15.1 Å². The maximum absolute atomic E-state index is 11.9. The number of nitrogens with zero attached hydrogens (tertiary/aromatic N) is 2. The Bertz CT molecular complexity index is 186. The highest BCUT2D eigenvalue weighted by molar-refractivity contribution is 5.74. The van der Waals surface area contributed by atoms with E-state index in [1.54, 1.807) is 0 Å². The van der Waals surface area contributed by atoms with Crippen molar-refractivity contribution < 1.29 is 4.79 Å². The van der Waals surface area contributed by atoms with Crippen molar-refractivity contribution >= 4 is 6.03 Å². The van der Waals surface area contributed by atoms with Crippen LogP contribution in [0, 0.1) is 0 Å². The van der Waals surface area contributed by atoms with Crippen LogP contribution in [0.4, 0.5) is 4.79 Å². The van der Waals surface area contributed by atoms with Crippen molar-refractivity contribution in [3.63, 3.8) is 0 Å². The fourth-order valence-corrected chi connectivity index (χ4v) is 1.54. The summed E-state index contributed by atoms with van der Waals surface area (Å²) in [5, 5.41) is 3.24. The molecule has 0 saturated carbocycles. The van der Waals surface area contributed by atoms with Crippen LogP contribution >= 0.6 is 0 Å². The molecule has 82 valence electrons. The minimum atomic E-state index is 0.167. The van der Waals surface area contributed by atoms with Crippen molar-refractivity contribution in [2.24, 2.45) is 0 Å². The van der Waals surface area contributed by atoms with Gasteiger partial charge in [-0.25, -0.2) is 4.79 Å². The molecule has 1 N–H and O–H groups in total. The van der Waals surface area contributed by atoms with Crippen LogP contribution < -0.4 is 5.32 Å². The molecule has 1 saturated heterocycles. The van der Waals surface area contributed by atoms with Crippen LogP contribution in [0.3, 0.4) is 0 Å². The summed E-state index contributed by atoms with van der Waals surface area (Å²) in [5.74, 6) is 0. The lowest BCUT2D eigenvalue weighted by molar-refractivity contribution is 0.142. The Hall–Kier alpha value is -0.770. The molecule has 1 atom stereocenters. The minimum Gasteiger partial charge on any atom is -0.325 e. The van der Waals surface area contributed by atoms with Crippen molar-refractivity contribution in [2.75, 3.05) is 33.2 Å². The first-order chi connectivity index (χ1) is 6.66. The van der Waals surface area contributed by atoms with Gasteiger partial charge in [0.05, 0.1) is 0 Å². The first kappa shape index (κ1) is 11.3. The first-order valence-corrected chi connectivity index (χ1v) is 5.39. The van der Waals surface area contributed by atoms with Crippen molar-refractivity contribution in [2.45, 2.75) is 26.3 Å². The summed E-state index contributed by atoms with van der Waals surface area (Å²) in [6, 6.07) is 0.498. The van der Waals surface area contributed by atoms with Crippen molar-refractivity contribution in [3.05, 3.63) is 0 Å². The molecule has 1 unspecified atom stereocenters. The van der Waals surface area contributed by atoms with E-state index in [1.165, 1.54) is 0 Å². The molecule has 0 spiro atoms. The van der Waals surface area contributed by atoms with E-state index in [1.807, 2.05) is 16.8 Å². The number of hydrogen-bond acceptors (Lipinski definition) is 2. The van der Waals surface area contributed by atoms with Gasteiger partial charge in [-0.1, -0.05) is 6.92 Å². The van der Waals surface area contributed by atoms with Gasteiger partial charge in [0.1, 0.15) is 0 Å². The molecule has 1 aliphatic heterocycles. The normalized spacial score (nSPS) is 19.2. The Balaban J connectivity index is 2.46. The largest absolute Gasteiger partial charge is 0.325 e. The van der Waals surface area contributed by atoms with E-state index < -0.39 is 0 Å². The molecule has 0 aromatic heterocycles. The van der Waals surface area contributed by atoms with E-state index in [4.69, 9.17) is 0 Å². The van der Waals surface area contributed by atoms with Crippen LogP contribution in [0.15, 0.2) is 0 Å². The Morgan fingerprint density at radius 1 is 1.50 bits per heavy atom. The molecule has 0 aromatic rings. The van der Waals surface area contributed by atoms with E-state index in [-0.39, 0.29) is 6.03 Å². The van der Waals surface area contributed by atoms with Crippen LogP contribution in [0.5, 0.6) is 0 Å². The lowest BCUT2D eigenvalue weighted by atomic mass is 10.2. The van der Waals surface area contributed by atoms with Gasteiger partial charge >= 0.3 is 6.03 Å². The van der Waals surface area contributed by atoms with Crippen LogP contribution in [-0.4, -0.2) is 55.1 Å². The van der Waals surface area contributed by atoms with Gasteiger partial charge in [0.25, 0.3) is 0 Å². The molecular formula is C10H21N3O. The number of hydrogen-bond donors (Lipinski definition) is 1. The molecule has 4 heteroatoms. The molecule has 2 amide bonds. The third-order valence-corrected chi connectivity index (χ3v) is 2.94.